The van der Waals surface area contributed by atoms with Crippen LogP contribution in [0.3, 0.4) is 0 Å². The second kappa shape index (κ2) is 5.54. The predicted octanol–water partition coefficient (Wildman–Crippen LogP) is 2.81. The lowest BCUT2D eigenvalue weighted by Gasteiger charge is -2.18. The molecule has 0 spiro atoms. The van der Waals surface area contributed by atoms with Gasteiger partial charge in [-0.2, -0.15) is 0 Å². The Balaban J connectivity index is 2.27. The van der Waals surface area contributed by atoms with Crippen LogP contribution in [0.1, 0.15) is 18.4 Å². The first-order valence-corrected chi connectivity index (χ1v) is 6.00. The van der Waals surface area contributed by atoms with E-state index in [1.807, 2.05) is 36.3 Å². The Morgan fingerprint density at radius 2 is 2.00 bits per heavy atom. The van der Waals surface area contributed by atoms with Gasteiger partial charge in [-0.05, 0) is 18.4 Å². The number of methoxy groups -OCH3 is 1. The van der Waals surface area contributed by atoms with Crippen molar-refractivity contribution in [3.63, 3.8) is 0 Å². The average Bonchev–Trinajstić information content (AvgIpc) is 2.60. The van der Waals surface area contributed by atoms with Gasteiger partial charge in [-0.3, -0.25) is 0 Å². The van der Waals surface area contributed by atoms with Gasteiger partial charge < -0.3 is 9.64 Å². The monoisotopic (exact) mass is 243 g/mol. The quantitative estimate of drug-likeness (QED) is 0.748. The van der Waals surface area contributed by atoms with E-state index in [9.17, 15) is 4.79 Å². The van der Waals surface area contributed by atoms with Crippen molar-refractivity contribution in [2.24, 2.45) is 0 Å². The number of esters is 1. The normalized spacial score (nSPS) is 15.6. The Morgan fingerprint density at radius 3 is 2.67 bits per heavy atom. The molecule has 94 valence electrons. The smallest absolute Gasteiger partial charge is 0.335 e. The van der Waals surface area contributed by atoms with Crippen LogP contribution in [0.5, 0.6) is 0 Å². The molecule has 0 bridgehead atoms. The second-order valence-corrected chi connectivity index (χ2v) is 4.25. The average molecular weight is 243 g/mol. The van der Waals surface area contributed by atoms with Crippen LogP contribution in [0.25, 0.3) is 5.70 Å². The molecule has 0 N–H and O–H groups in total. The summed E-state index contributed by atoms with van der Waals surface area (Å²) in [5.74, 6) is -0.246. The SMILES string of the molecule is COC(=O)C1=CN(C)C(c2ccccc2)=CCC1. The summed E-state index contributed by atoms with van der Waals surface area (Å²) in [5, 5.41) is 0. The maximum Gasteiger partial charge on any atom is 0.335 e. The van der Waals surface area contributed by atoms with E-state index in [4.69, 9.17) is 4.74 Å². The van der Waals surface area contributed by atoms with E-state index in [1.165, 1.54) is 7.11 Å². The van der Waals surface area contributed by atoms with Gasteiger partial charge in [0.1, 0.15) is 0 Å². The lowest BCUT2D eigenvalue weighted by atomic mass is 10.1. The van der Waals surface area contributed by atoms with Gasteiger partial charge in [-0.1, -0.05) is 36.4 Å². The number of rotatable bonds is 2. The molecule has 18 heavy (non-hydrogen) atoms. The van der Waals surface area contributed by atoms with Crippen LogP contribution < -0.4 is 0 Å². The molecule has 0 atom stereocenters. The maximum atomic E-state index is 11.6. The fourth-order valence-corrected chi connectivity index (χ4v) is 2.09. The topological polar surface area (TPSA) is 29.5 Å². The number of hydrogen-bond donors (Lipinski definition) is 0. The zero-order valence-electron chi connectivity index (χ0n) is 10.7. The lowest BCUT2D eigenvalue weighted by Crippen LogP contribution is -2.12. The molecule has 1 aromatic rings. The first-order chi connectivity index (χ1) is 8.72. The van der Waals surface area contributed by atoms with Crippen LogP contribution in [-0.4, -0.2) is 25.0 Å². The Morgan fingerprint density at radius 1 is 1.28 bits per heavy atom. The zero-order chi connectivity index (χ0) is 13.0. The van der Waals surface area contributed by atoms with Crippen LogP contribution >= 0.6 is 0 Å². The minimum absolute atomic E-state index is 0.246. The summed E-state index contributed by atoms with van der Waals surface area (Å²) in [6, 6.07) is 10.2. The Bertz CT molecular complexity index is 488. The van der Waals surface area contributed by atoms with Gasteiger partial charge in [-0.25, -0.2) is 4.79 Å². The van der Waals surface area contributed by atoms with E-state index in [0.29, 0.717) is 12.0 Å². The third kappa shape index (κ3) is 2.62. The van der Waals surface area contributed by atoms with Crippen LogP contribution in [0.15, 0.2) is 48.2 Å². The van der Waals surface area contributed by atoms with Crippen molar-refractivity contribution >= 4 is 11.7 Å². The first-order valence-electron chi connectivity index (χ1n) is 6.00. The summed E-state index contributed by atoms with van der Waals surface area (Å²) in [6.45, 7) is 0. The van der Waals surface area contributed by atoms with Crippen LogP contribution in [0.4, 0.5) is 0 Å². The molecule has 3 heteroatoms. The van der Waals surface area contributed by atoms with Gasteiger partial charge in [-0.15, -0.1) is 0 Å². The molecule has 1 aromatic carbocycles. The predicted molar refractivity (Wildman–Crippen MR) is 71.5 cm³/mol. The van der Waals surface area contributed by atoms with Crippen molar-refractivity contribution in [3.05, 3.63) is 53.7 Å². The van der Waals surface area contributed by atoms with Gasteiger partial charge in [0, 0.05) is 18.9 Å². The standard InChI is InChI=1S/C15H17NO2/c1-16-11-13(15(17)18-2)9-6-10-14(16)12-7-4-3-5-8-12/h3-5,7-8,10-11H,6,9H2,1-2H3. The third-order valence-corrected chi connectivity index (χ3v) is 3.00. The number of nitrogens with zero attached hydrogens (tertiary/aromatic N) is 1. The van der Waals surface area contributed by atoms with Crippen LogP contribution in [0, 0.1) is 0 Å². The van der Waals surface area contributed by atoms with Crippen LogP contribution in [-0.2, 0) is 9.53 Å². The molecule has 0 radical (unpaired) electrons. The molecule has 2 rings (SSSR count). The Kier molecular flexibility index (Phi) is 3.82. The van der Waals surface area contributed by atoms with E-state index < -0.39 is 0 Å². The molecule has 0 unspecified atom stereocenters. The highest BCUT2D eigenvalue weighted by Crippen LogP contribution is 2.24. The van der Waals surface area contributed by atoms with E-state index in [2.05, 4.69) is 18.2 Å². The lowest BCUT2D eigenvalue weighted by molar-refractivity contribution is -0.136. The van der Waals surface area contributed by atoms with Crippen molar-refractivity contribution in [1.82, 2.24) is 4.90 Å². The third-order valence-electron chi connectivity index (χ3n) is 3.00. The molecule has 0 saturated heterocycles. The summed E-state index contributed by atoms with van der Waals surface area (Å²) < 4.78 is 4.78. The van der Waals surface area contributed by atoms with Gasteiger partial charge in [0.25, 0.3) is 0 Å². The zero-order valence-corrected chi connectivity index (χ0v) is 10.7. The summed E-state index contributed by atoms with van der Waals surface area (Å²) in [6.07, 6.45) is 5.57. The molecular formula is C15H17NO2. The minimum atomic E-state index is -0.246. The summed E-state index contributed by atoms with van der Waals surface area (Å²) in [4.78, 5) is 13.5. The highest BCUT2D eigenvalue weighted by atomic mass is 16.5. The molecule has 1 heterocycles. The fraction of sp³-hybridized carbons (Fsp3) is 0.267. The number of ether oxygens (including phenoxy) is 1. The number of allylic oxidation sites excluding steroid dienone is 1. The van der Waals surface area contributed by atoms with E-state index >= 15 is 0 Å². The van der Waals surface area contributed by atoms with Gasteiger partial charge in [0.15, 0.2) is 0 Å². The Hall–Kier alpha value is -2.03. The highest BCUT2D eigenvalue weighted by molar-refractivity contribution is 5.88. The molecule has 1 aliphatic heterocycles. The molecule has 0 saturated carbocycles. The number of benzene rings is 1. The molecule has 0 aliphatic carbocycles. The van der Waals surface area contributed by atoms with Gasteiger partial charge >= 0.3 is 5.97 Å². The largest absolute Gasteiger partial charge is 0.466 e. The van der Waals surface area contributed by atoms with E-state index in [-0.39, 0.29) is 5.97 Å². The summed E-state index contributed by atoms with van der Waals surface area (Å²) in [7, 11) is 3.37. The number of carbonyl (C=O) groups excluding carboxylic acids is 1. The van der Waals surface area contributed by atoms with E-state index in [0.717, 1.165) is 17.7 Å². The molecule has 0 aromatic heterocycles. The van der Waals surface area contributed by atoms with Gasteiger partial charge in [0.05, 0.1) is 12.7 Å². The first kappa shape index (κ1) is 12.4. The maximum absolute atomic E-state index is 11.6. The fourth-order valence-electron chi connectivity index (χ4n) is 2.09. The van der Waals surface area contributed by atoms with Crippen molar-refractivity contribution < 1.29 is 9.53 Å². The highest BCUT2D eigenvalue weighted by Gasteiger charge is 2.15. The van der Waals surface area contributed by atoms with Gasteiger partial charge in [0.2, 0.25) is 0 Å². The van der Waals surface area contributed by atoms with Crippen molar-refractivity contribution in [3.8, 4) is 0 Å². The second-order valence-electron chi connectivity index (χ2n) is 4.25. The van der Waals surface area contributed by atoms with Crippen molar-refractivity contribution in [2.75, 3.05) is 14.2 Å². The summed E-state index contributed by atoms with van der Waals surface area (Å²) >= 11 is 0. The van der Waals surface area contributed by atoms with E-state index in [1.54, 1.807) is 0 Å². The molecule has 1 aliphatic rings. The van der Waals surface area contributed by atoms with Crippen molar-refractivity contribution in [1.29, 1.82) is 0 Å². The minimum Gasteiger partial charge on any atom is -0.466 e. The molecular weight excluding hydrogens is 226 g/mol. The Labute approximate surface area is 107 Å². The molecule has 0 fully saturated rings. The summed E-state index contributed by atoms with van der Waals surface area (Å²) in [5.41, 5.74) is 2.99. The molecule has 3 nitrogen and oxygen atoms in total. The van der Waals surface area contributed by atoms with Crippen LogP contribution in [0.2, 0.25) is 0 Å². The number of carbonyl (C=O) groups is 1. The van der Waals surface area contributed by atoms with Crippen molar-refractivity contribution in [2.45, 2.75) is 12.8 Å². The molecule has 0 amide bonds. The number of hydrogen-bond acceptors (Lipinski definition) is 3.